The highest BCUT2D eigenvalue weighted by Crippen LogP contribution is 2.27. The molecular formula is C19H20N4OS. The number of benzene rings is 1. The van der Waals surface area contributed by atoms with Crippen LogP contribution in [0.3, 0.4) is 0 Å². The van der Waals surface area contributed by atoms with Crippen molar-refractivity contribution in [2.45, 2.75) is 18.9 Å². The standard InChI is InChI=1S/C19H20N4OS/c24-19(15-12-25-17-6-2-1-4-14(15)17)23-16-5-3-9-21-18(16)22-13-7-10-20-11-8-13/h1-6,9,12-13,20H,7-8,10-11H2,(H,21,22)(H,23,24). The predicted octanol–water partition coefficient (Wildman–Crippen LogP) is 3.71. The second-order valence-electron chi connectivity index (χ2n) is 6.17. The lowest BCUT2D eigenvalue weighted by Crippen LogP contribution is -2.35. The van der Waals surface area contributed by atoms with Gasteiger partial charge in [0.05, 0.1) is 11.3 Å². The van der Waals surface area contributed by atoms with Crippen LogP contribution in [-0.2, 0) is 0 Å². The summed E-state index contributed by atoms with van der Waals surface area (Å²) in [7, 11) is 0. The normalized spacial score (nSPS) is 15.2. The molecule has 0 saturated carbocycles. The number of fused-ring (bicyclic) bond motifs is 1. The molecule has 4 rings (SSSR count). The van der Waals surface area contributed by atoms with E-state index in [2.05, 4.69) is 20.9 Å². The average molecular weight is 352 g/mol. The average Bonchev–Trinajstić information content (AvgIpc) is 3.08. The molecule has 6 heteroatoms. The van der Waals surface area contributed by atoms with E-state index in [9.17, 15) is 4.79 Å². The van der Waals surface area contributed by atoms with Gasteiger partial charge in [0.15, 0.2) is 0 Å². The summed E-state index contributed by atoms with van der Waals surface area (Å²) in [6.45, 7) is 2.01. The number of amides is 1. The molecule has 1 aliphatic rings. The van der Waals surface area contributed by atoms with Gasteiger partial charge in [0.1, 0.15) is 5.82 Å². The summed E-state index contributed by atoms with van der Waals surface area (Å²) in [4.78, 5) is 17.2. The summed E-state index contributed by atoms with van der Waals surface area (Å²) in [6, 6.07) is 12.1. The van der Waals surface area contributed by atoms with Gasteiger partial charge in [-0.05, 0) is 44.1 Å². The number of aromatic nitrogens is 1. The number of carbonyl (C=O) groups is 1. The molecule has 3 heterocycles. The van der Waals surface area contributed by atoms with Crippen LogP contribution < -0.4 is 16.0 Å². The van der Waals surface area contributed by atoms with Crippen molar-refractivity contribution in [3.8, 4) is 0 Å². The van der Waals surface area contributed by atoms with Crippen molar-refractivity contribution < 1.29 is 4.79 Å². The van der Waals surface area contributed by atoms with Crippen molar-refractivity contribution in [1.29, 1.82) is 0 Å². The molecule has 3 N–H and O–H groups in total. The van der Waals surface area contributed by atoms with Crippen LogP contribution in [-0.4, -0.2) is 30.0 Å². The van der Waals surface area contributed by atoms with E-state index < -0.39 is 0 Å². The van der Waals surface area contributed by atoms with Crippen molar-refractivity contribution in [3.63, 3.8) is 0 Å². The fourth-order valence-corrected chi connectivity index (χ4v) is 4.07. The van der Waals surface area contributed by atoms with Crippen molar-refractivity contribution in [1.82, 2.24) is 10.3 Å². The first-order valence-corrected chi connectivity index (χ1v) is 9.39. The molecule has 2 aromatic heterocycles. The van der Waals surface area contributed by atoms with E-state index in [0.717, 1.165) is 47.5 Å². The number of carbonyl (C=O) groups excluding carboxylic acids is 1. The Bertz CT molecular complexity index is 886. The van der Waals surface area contributed by atoms with Crippen LogP contribution in [0.25, 0.3) is 10.1 Å². The molecule has 1 aromatic carbocycles. The monoisotopic (exact) mass is 352 g/mol. The van der Waals surface area contributed by atoms with Gasteiger partial charge in [0.2, 0.25) is 0 Å². The van der Waals surface area contributed by atoms with Crippen LogP contribution in [0, 0.1) is 0 Å². The van der Waals surface area contributed by atoms with Gasteiger partial charge in [-0.3, -0.25) is 4.79 Å². The zero-order chi connectivity index (χ0) is 17.1. The molecule has 3 aromatic rings. The van der Waals surface area contributed by atoms with E-state index in [0.29, 0.717) is 11.6 Å². The molecule has 0 spiro atoms. The summed E-state index contributed by atoms with van der Waals surface area (Å²) in [5.41, 5.74) is 1.43. The number of piperidine rings is 1. The lowest BCUT2D eigenvalue weighted by molar-refractivity contribution is 0.102. The molecule has 25 heavy (non-hydrogen) atoms. The minimum Gasteiger partial charge on any atom is -0.366 e. The summed E-state index contributed by atoms with van der Waals surface area (Å²) < 4.78 is 1.12. The molecule has 1 amide bonds. The number of hydrogen-bond acceptors (Lipinski definition) is 5. The molecule has 0 unspecified atom stereocenters. The van der Waals surface area contributed by atoms with Crippen molar-refractivity contribution >= 4 is 38.8 Å². The van der Waals surface area contributed by atoms with Gasteiger partial charge in [0.25, 0.3) is 5.91 Å². The van der Waals surface area contributed by atoms with Gasteiger partial charge in [-0.15, -0.1) is 11.3 Å². The Morgan fingerprint density at radius 2 is 2.00 bits per heavy atom. The number of nitrogens with one attached hydrogen (secondary N) is 3. The van der Waals surface area contributed by atoms with Crippen molar-refractivity contribution in [2.24, 2.45) is 0 Å². The molecule has 5 nitrogen and oxygen atoms in total. The van der Waals surface area contributed by atoms with Gasteiger partial charge in [-0.25, -0.2) is 4.98 Å². The lowest BCUT2D eigenvalue weighted by Gasteiger charge is -2.25. The molecule has 128 valence electrons. The van der Waals surface area contributed by atoms with Crippen LogP contribution in [0.15, 0.2) is 48.0 Å². The second kappa shape index (κ2) is 7.21. The Hall–Kier alpha value is -2.44. The number of rotatable bonds is 4. The minimum atomic E-state index is -0.0983. The van der Waals surface area contributed by atoms with Crippen LogP contribution in [0.5, 0.6) is 0 Å². The third kappa shape index (κ3) is 3.50. The zero-order valence-corrected chi connectivity index (χ0v) is 14.6. The Morgan fingerprint density at radius 1 is 1.16 bits per heavy atom. The van der Waals surface area contributed by atoms with Gasteiger partial charge in [0, 0.05) is 27.7 Å². The quantitative estimate of drug-likeness (QED) is 0.670. The lowest BCUT2D eigenvalue weighted by atomic mass is 10.1. The number of anilines is 2. The van der Waals surface area contributed by atoms with Crippen LogP contribution in [0.1, 0.15) is 23.2 Å². The molecule has 0 bridgehead atoms. The number of nitrogens with zero attached hydrogens (tertiary/aromatic N) is 1. The van der Waals surface area contributed by atoms with Crippen LogP contribution in [0.2, 0.25) is 0 Å². The Labute approximate surface area is 150 Å². The smallest absolute Gasteiger partial charge is 0.257 e. The first-order chi connectivity index (χ1) is 12.3. The minimum absolute atomic E-state index is 0.0983. The third-order valence-corrected chi connectivity index (χ3v) is 5.42. The van der Waals surface area contributed by atoms with E-state index >= 15 is 0 Å². The fraction of sp³-hybridized carbons (Fsp3) is 0.263. The largest absolute Gasteiger partial charge is 0.366 e. The van der Waals surface area contributed by atoms with E-state index in [4.69, 9.17) is 0 Å². The Kier molecular flexibility index (Phi) is 4.63. The Morgan fingerprint density at radius 3 is 2.88 bits per heavy atom. The summed E-state index contributed by atoms with van der Waals surface area (Å²) in [5.74, 6) is 0.640. The SMILES string of the molecule is O=C(Nc1cccnc1NC1CCNCC1)c1csc2ccccc12. The fourth-order valence-electron chi connectivity index (χ4n) is 3.12. The highest BCUT2D eigenvalue weighted by molar-refractivity contribution is 7.17. The molecule has 0 atom stereocenters. The summed E-state index contributed by atoms with van der Waals surface area (Å²) >= 11 is 1.59. The topological polar surface area (TPSA) is 66.0 Å². The predicted molar refractivity (Wildman–Crippen MR) is 104 cm³/mol. The van der Waals surface area contributed by atoms with Gasteiger partial charge in [-0.2, -0.15) is 0 Å². The highest BCUT2D eigenvalue weighted by Gasteiger charge is 2.17. The van der Waals surface area contributed by atoms with Crippen LogP contribution in [0.4, 0.5) is 11.5 Å². The zero-order valence-electron chi connectivity index (χ0n) is 13.8. The molecule has 1 aliphatic heterocycles. The van der Waals surface area contributed by atoms with E-state index in [1.807, 2.05) is 41.8 Å². The maximum atomic E-state index is 12.8. The van der Waals surface area contributed by atoms with E-state index in [1.54, 1.807) is 17.5 Å². The number of thiophene rings is 1. The summed E-state index contributed by atoms with van der Waals surface area (Å²) in [5, 5.41) is 12.8. The summed E-state index contributed by atoms with van der Waals surface area (Å²) in [6.07, 6.45) is 3.86. The molecule has 1 fully saturated rings. The highest BCUT2D eigenvalue weighted by atomic mass is 32.1. The second-order valence-corrected chi connectivity index (χ2v) is 7.08. The first-order valence-electron chi connectivity index (χ1n) is 8.51. The first kappa shape index (κ1) is 16.1. The van der Waals surface area contributed by atoms with E-state index in [-0.39, 0.29) is 5.91 Å². The molecule has 0 radical (unpaired) electrons. The van der Waals surface area contributed by atoms with Gasteiger partial charge < -0.3 is 16.0 Å². The van der Waals surface area contributed by atoms with Gasteiger partial charge in [-0.1, -0.05) is 18.2 Å². The number of hydrogen-bond donors (Lipinski definition) is 3. The molecule has 0 aliphatic carbocycles. The van der Waals surface area contributed by atoms with Crippen molar-refractivity contribution in [2.75, 3.05) is 23.7 Å². The maximum Gasteiger partial charge on any atom is 0.257 e. The molecule has 1 saturated heterocycles. The van der Waals surface area contributed by atoms with Crippen LogP contribution >= 0.6 is 11.3 Å². The number of pyridine rings is 1. The third-order valence-electron chi connectivity index (χ3n) is 4.46. The molecular weight excluding hydrogens is 332 g/mol. The maximum absolute atomic E-state index is 12.8. The van der Waals surface area contributed by atoms with Gasteiger partial charge >= 0.3 is 0 Å². The Balaban J connectivity index is 1.55. The van der Waals surface area contributed by atoms with Crippen molar-refractivity contribution in [3.05, 3.63) is 53.5 Å². The van der Waals surface area contributed by atoms with E-state index in [1.165, 1.54) is 0 Å².